The Hall–Kier alpha value is -0.870. The van der Waals surface area contributed by atoms with Gasteiger partial charge in [0.25, 0.3) is 0 Å². The molecular formula is C14H26N4. The Morgan fingerprint density at radius 2 is 2.17 bits per heavy atom. The Balaban J connectivity index is 1.60. The molecule has 1 fully saturated rings. The minimum absolute atomic E-state index is 0.710. The lowest BCUT2D eigenvalue weighted by atomic mass is 10.0. The van der Waals surface area contributed by atoms with Crippen LogP contribution in [0.3, 0.4) is 0 Å². The van der Waals surface area contributed by atoms with Crippen molar-refractivity contribution in [1.29, 1.82) is 0 Å². The zero-order valence-corrected chi connectivity index (χ0v) is 11.7. The number of aromatic nitrogens is 2. The summed E-state index contributed by atoms with van der Waals surface area (Å²) in [6.45, 7) is 7.09. The van der Waals surface area contributed by atoms with Crippen molar-refractivity contribution in [2.75, 3.05) is 26.2 Å². The van der Waals surface area contributed by atoms with Crippen LogP contribution >= 0.6 is 0 Å². The summed E-state index contributed by atoms with van der Waals surface area (Å²) in [4.78, 5) is 2.58. The fourth-order valence-corrected chi connectivity index (χ4v) is 2.68. The highest BCUT2D eigenvalue weighted by Gasteiger charge is 2.17. The summed E-state index contributed by atoms with van der Waals surface area (Å²) < 4.78 is 1.87. The second-order valence-corrected chi connectivity index (χ2v) is 5.30. The van der Waals surface area contributed by atoms with Gasteiger partial charge in [-0.25, -0.2) is 0 Å². The average Bonchev–Trinajstić information content (AvgIpc) is 2.78. The summed E-state index contributed by atoms with van der Waals surface area (Å²) in [6.07, 6.45) is 6.91. The van der Waals surface area contributed by atoms with Crippen LogP contribution in [-0.2, 0) is 13.5 Å². The quantitative estimate of drug-likeness (QED) is 0.829. The van der Waals surface area contributed by atoms with Gasteiger partial charge in [-0.3, -0.25) is 4.68 Å². The molecule has 1 N–H and O–H groups in total. The molecule has 18 heavy (non-hydrogen) atoms. The number of likely N-dealkylation sites (tertiary alicyclic amines) is 1. The summed E-state index contributed by atoms with van der Waals surface area (Å²) in [5.74, 6) is 0. The molecule has 4 heteroatoms. The molecule has 0 bridgehead atoms. The molecule has 0 atom stereocenters. The SMILES string of the molecule is CCCN1CCC(NCCc2ccn(C)n2)CC1. The van der Waals surface area contributed by atoms with Crippen LogP contribution in [0.2, 0.25) is 0 Å². The fourth-order valence-electron chi connectivity index (χ4n) is 2.68. The van der Waals surface area contributed by atoms with Gasteiger partial charge < -0.3 is 10.2 Å². The summed E-state index contributed by atoms with van der Waals surface area (Å²) >= 11 is 0. The molecule has 0 spiro atoms. The molecule has 0 aliphatic carbocycles. The summed E-state index contributed by atoms with van der Waals surface area (Å²) in [6, 6.07) is 2.81. The fraction of sp³-hybridized carbons (Fsp3) is 0.786. The van der Waals surface area contributed by atoms with Gasteiger partial charge in [0.2, 0.25) is 0 Å². The van der Waals surface area contributed by atoms with E-state index in [-0.39, 0.29) is 0 Å². The van der Waals surface area contributed by atoms with Crippen LogP contribution in [0, 0.1) is 0 Å². The normalized spacial score (nSPS) is 18.3. The van der Waals surface area contributed by atoms with Gasteiger partial charge in [-0.1, -0.05) is 6.92 Å². The molecule has 0 aromatic carbocycles. The Kier molecular flexibility index (Phi) is 5.20. The summed E-state index contributed by atoms with van der Waals surface area (Å²) in [5.41, 5.74) is 1.19. The molecule has 2 heterocycles. The molecular weight excluding hydrogens is 224 g/mol. The first kappa shape index (κ1) is 13.6. The van der Waals surface area contributed by atoms with Crippen molar-refractivity contribution in [3.05, 3.63) is 18.0 Å². The van der Waals surface area contributed by atoms with Gasteiger partial charge in [0.1, 0.15) is 0 Å². The van der Waals surface area contributed by atoms with E-state index in [0.717, 1.165) is 13.0 Å². The second-order valence-electron chi connectivity index (χ2n) is 5.30. The van der Waals surface area contributed by atoms with Gasteiger partial charge in [-0.15, -0.1) is 0 Å². The maximum absolute atomic E-state index is 4.40. The highest BCUT2D eigenvalue weighted by atomic mass is 15.2. The van der Waals surface area contributed by atoms with E-state index in [1.807, 2.05) is 17.9 Å². The molecule has 1 aromatic rings. The molecule has 1 aromatic heterocycles. The van der Waals surface area contributed by atoms with Crippen molar-refractivity contribution in [1.82, 2.24) is 20.0 Å². The van der Waals surface area contributed by atoms with E-state index in [4.69, 9.17) is 0 Å². The van der Waals surface area contributed by atoms with Crippen molar-refractivity contribution in [2.24, 2.45) is 7.05 Å². The number of aryl methyl sites for hydroxylation is 1. The van der Waals surface area contributed by atoms with Gasteiger partial charge in [0, 0.05) is 32.3 Å². The van der Waals surface area contributed by atoms with Crippen molar-refractivity contribution >= 4 is 0 Å². The number of nitrogens with zero attached hydrogens (tertiary/aromatic N) is 3. The first-order valence-electron chi connectivity index (χ1n) is 7.22. The third-order valence-corrected chi connectivity index (χ3v) is 3.71. The second kappa shape index (κ2) is 6.90. The number of hydrogen-bond acceptors (Lipinski definition) is 3. The van der Waals surface area contributed by atoms with Gasteiger partial charge in [-0.05, 0) is 45.0 Å². The zero-order chi connectivity index (χ0) is 12.8. The predicted molar refractivity (Wildman–Crippen MR) is 74.7 cm³/mol. The van der Waals surface area contributed by atoms with Crippen LogP contribution in [0.5, 0.6) is 0 Å². The van der Waals surface area contributed by atoms with Crippen molar-refractivity contribution in [3.8, 4) is 0 Å². The highest BCUT2D eigenvalue weighted by molar-refractivity contribution is 4.99. The third-order valence-electron chi connectivity index (χ3n) is 3.71. The Labute approximate surface area is 110 Å². The number of nitrogens with one attached hydrogen (secondary N) is 1. The lowest BCUT2D eigenvalue weighted by molar-refractivity contribution is 0.198. The number of rotatable bonds is 6. The van der Waals surface area contributed by atoms with Gasteiger partial charge in [-0.2, -0.15) is 5.10 Å². The topological polar surface area (TPSA) is 33.1 Å². The molecule has 0 amide bonds. The largest absolute Gasteiger partial charge is 0.313 e. The minimum atomic E-state index is 0.710. The molecule has 1 saturated heterocycles. The Bertz CT molecular complexity index is 339. The van der Waals surface area contributed by atoms with E-state index >= 15 is 0 Å². The van der Waals surface area contributed by atoms with Crippen LogP contribution in [0.25, 0.3) is 0 Å². The summed E-state index contributed by atoms with van der Waals surface area (Å²) in [5, 5.41) is 8.06. The predicted octanol–water partition coefficient (Wildman–Crippen LogP) is 1.43. The molecule has 1 aliphatic rings. The van der Waals surface area contributed by atoms with Crippen LogP contribution in [0.4, 0.5) is 0 Å². The van der Waals surface area contributed by atoms with Gasteiger partial charge in [0.05, 0.1) is 5.69 Å². The molecule has 1 aliphatic heterocycles. The minimum Gasteiger partial charge on any atom is -0.313 e. The van der Waals surface area contributed by atoms with E-state index in [0.29, 0.717) is 6.04 Å². The standard InChI is InChI=1S/C14H26N4/c1-3-9-18-11-6-13(7-12-18)15-8-4-14-5-10-17(2)16-14/h5,10,13,15H,3-4,6-9,11-12H2,1-2H3. The van der Waals surface area contributed by atoms with E-state index in [1.54, 1.807) is 0 Å². The zero-order valence-electron chi connectivity index (χ0n) is 11.7. The maximum Gasteiger partial charge on any atom is 0.0637 e. The molecule has 0 radical (unpaired) electrons. The average molecular weight is 250 g/mol. The van der Waals surface area contributed by atoms with Gasteiger partial charge in [0.15, 0.2) is 0 Å². The van der Waals surface area contributed by atoms with E-state index < -0.39 is 0 Å². The smallest absolute Gasteiger partial charge is 0.0637 e. The maximum atomic E-state index is 4.40. The Morgan fingerprint density at radius 3 is 2.78 bits per heavy atom. The lowest BCUT2D eigenvalue weighted by Gasteiger charge is -2.32. The lowest BCUT2D eigenvalue weighted by Crippen LogP contribution is -2.43. The number of hydrogen-bond donors (Lipinski definition) is 1. The van der Waals surface area contributed by atoms with E-state index in [9.17, 15) is 0 Å². The molecule has 2 rings (SSSR count). The third kappa shape index (κ3) is 4.10. The highest BCUT2D eigenvalue weighted by Crippen LogP contribution is 2.10. The first-order valence-corrected chi connectivity index (χ1v) is 7.22. The summed E-state index contributed by atoms with van der Waals surface area (Å²) in [7, 11) is 1.97. The van der Waals surface area contributed by atoms with Crippen molar-refractivity contribution in [2.45, 2.75) is 38.6 Å². The van der Waals surface area contributed by atoms with Crippen LogP contribution < -0.4 is 5.32 Å². The molecule has 102 valence electrons. The molecule has 4 nitrogen and oxygen atoms in total. The monoisotopic (exact) mass is 250 g/mol. The van der Waals surface area contributed by atoms with Gasteiger partial charge >= 0.3 is 0 Å². The first-order chi connectivity index (χ1) is 8.78. The van der Waals surface area contributed by atoms with Crippen molar-refractivity contribution in [3.63, 3.8) is 0 Å². The van der Waals surface area contributed by atoms with Crippen LogP contribution in [0.15, 0.2) is 12.3 Å². The number of piperidine rings is 1. The molecule has 0 saturated carbocycles. The molecule has 0 unspecified atom stereocenters. The van der Waals surface area contributed by atoms with Crippen molar-refractivity contribution < 1.29 is 0 Å². The van der Waals surface area contributed by atoms with E-state index in [2.05, 4.69) is 28.3 Å². The van der Waals surface area contributed by atoms with Crippen LogP contribution in [-0.4, -0.2) is 46.9 Å². The Morgan fingerprint density at radius 1 is 1.39 bits per heavy atom. The van der Waals surface area contributed by atoms with Crippen LogP contribution in [0.1, 0.15) is 31.9 Å². The van der Waals surface area contributed by atoms with E-state index in [1.165, 1.54) is 44.6 Å².